The molecule has 0 bridgehead atoms. The maximum atomic E-state index is 12.3. The van der Waals surface area contributed by atoms with Crippen molar-refractivity contribution in [2.45, 2.75) is 39.5 Å². The lowest BCUT2D eigenvalue weighted by Crippen LogP contribution is -2.08. The van der Waals surface area contributed by atoms with Gasteiger partial charge in [0.15, 0.2) is 0 Å². The fourth-order valence-electron chi connectivity index (χ4n) is 3.12. The zero-order valence-electron chi connectivity index (χ0n) is 16.7. The van der Waals surface area contributed by atoms with Crippen LogP contribution in [0.1, 0.15) is 49.9 Å². The Morgan fingerprint density at radius 2 is 1.89 bits per heavy atom. The Kier molecular flexibility index (Phi) is 6.09. The van der Waals surface area contributed by atoms with Crippen LogP contribution < -0.4 is 11.1 Å². The molecule has 3 N–H and O–H groups in total. The summed E-state index contributed by atoms with van der Waals surface area (Å²) in [6.07, 6.45) is 5.29. The summed E-state index contributed by atoms with van der Waals surface area (Å²) >= 11 is 0. The molecule has 144 valence electrons. The SMILES string of the molecule is CCCc1cc(N)c2cc(NC(=O)C=Cc3ccc(C(C)C)cc3)ccc2n1. The van der Waals surface area contributed by atoms with Crippen molar-refractivity contribution < 1.29 is 4.79 Å². The summed E-state index contributed by atoms with van der Waals surface area (Å²) < 4.78 is 0. The molecule has 1 aromatic heterocycles. The Morgan fingerprint density at radius 1 is 1.14 bits per heavy atom. The second-order valence-electron chi connectivity index (χ2n) is 7.33. The summed E-state index contributed by atoms with van der Waals surface area (Å²) in [5, 5.41) is 3.74. The number of fused-ring (bicyclic) bond motifs is 1. The van der Waals surface area contributed by atoms with Crippen LogP contribution in [0.2, 0.25) is 0 Å². The molecule has 0 atom stereocenters. The molecular weight excluding hydrogens is 346 g/mol. The third-order valence-electron chi connectivity index (χ3n) is 4.70. The molecule has 0 radical (unpaired) electrons. The van der Waals surface area contributed by atoms with Crippen molar-refractivity contribution in [3.8, 4) is 0 Å². The minimum Gasteiger partial charge on any atom is -0.398 e. The molecule has 0 aliphatic carbocycles. The molecule has 0 saturated carbocycles. The third-order valence-corrected chi connectivity index (χ3v) is 4.70. The highest BCUT2D eigenvalue weighted by atomic mass is 16.1. The first-order valence-corrected chi connectivity index (χ1v) is 9.74. The second-order valence-corrected chi connectivity index (χ2v) is 7.33. The van der Waals surface area contributed by atoms with Crippen molar-refractivity contribution in [3.63, 3.8) is 0 Å². The first-order chi connectivity index (χ1) is 13.5. The lowest BCUT2D eigenvalue weighted by Gasteiger charge is -2.08. The largest absolute Gasteiger partial charge is 0.398 e. The lowest BCUT2D eigenvalue weighted by atomic mass is 10.0. The average Bonchev–Trinajstić information content (AvgIpc) is 2.67. The number of aromatic nitrogens is 1. The summed E-state index contributed by atoms with van der Waals surface area (Å²) in [7, 11) is 0. The van der Waals surface area contributed by atoms with Crippen molar-refractivity contribution in [2.75, 3.05) is 11.1 Å². The Labute approximate surface area is 166 Å². The Balaban J connectivity index is 1.72. The quantitative estimate of drug-likeness (QED) is 0.557. The number of nitrogen functional groups attached to an aromatic ring is 1. The molecule has 3 rings (SSSR count). The number of benzene rings is 2. The smallest absolute Gasteiger partial charge is 0.248 e. The number of nitrogens with one attached hydrogen (secondary N) is 1. The van der Waals surface area contributed by atoms with E-state index in [0.29, 0.717) is 17.3 Å². The van der Waals surface area contributed by atoms with E-state index < -0.39 is 0 Å². The average molecular weight is 374 g/mol. The number of rotatable bonds is 6. The zero-order valence-corrected chi connectivity index (χ0v) is 16.7. The van der Waals surface area contributed by atoms with Crippen LogP contribution in [0.3, 0.4) is 0 Å². The molecule has 4 nitrogen and oxygen atoms in total. The number of hydrogen-bond donors (Lipinski definition) is 2. The number of anilines is 2. The molecule has 0 spiro atoms. The highest BCUT2D eigenvalue weighted by molar-refractivity contribution is 6.03. The fourth-order valence-corrected chi connectivity index (χ4v) is 3.12. The van der Waals surface area contributed by atoms with Crippen LogP contribution in [-0.2, 0) is 11.2 Å². The van der Waals surface area contributed by atoms with Gasteiger partial charge in [0.2, 0.25) is 5.91 Å². The number of pyridine rings is 1. The van der Waals surface area contributed by atoms with Crippen LogP contribution in [0.15, 0.2) is 54.6 Å². The molecule has 0 aliphatic heterocycles. The summed E-state index contributed by atoms with van der Waals surface area (Å²) in [5.74, 6) is 0.315. The molecule has 1 heterocycles. The number of nitrogens with two attached hydrogens (primary N) is 1. The maximum absolute atomic E-state index is 12.3. The van der Waals surface area contributed by atoms with E-state index in [9.17, 15) is 4.79 Å². The molecule has 3 aromatic rings. The van der Waals surface area contributed by atoms with Gasteiger partial charge in [-0.05, 0) is 53.8 Å². The summed E-state index contributed by atoms with van der Waals surface area (Å²) in [4.78, 5) is 16.9. The van der Waals surface area contributed by atoms with Gasteiger partial charge in [-0.2, -0.15) is 0 Å². The van der Waals surface area contributed by atoms with Gasteiger partial charge in [0.25, 0.3) is 0 Å². The van der Waals surface area contributed by atoms with E-state index in [1.54, 1.807) is 6.08 Å². The third kappa shape index (κ3) is 4.77. The molecule has 28 heavy (non-hydrogen) atoms. The maximum Gasteiger partial charge on any atom is 0.248 e. The van der Waals surface area contributed by atoms with Crippen LogP contribution >= 0.6 is 0 Å². The van der Waals surface area contributed by atoms with Crippen molar-refractivity contribution in [1.82, 2.24) is 4.98 Å². The van der Waals surface area contributed by atoms with Crippen LogP contribution in [-0.4, -0.2) is 10.9 Å². The first kappa shape index (κ1) is 19.6. The van der Waals surface area contributed by atoms with Gasteiger partial charge in [0.1, 0.15) is 0 Å². The van der Waals surface area contributed by atoms with Crippen LogP contribution in [0.25, 0.3) is 17.0 Å². The van der Waals surface area contributed by atoms with E-state index in [-0.39, 0.29) is 5.91 Å². The summed E-state index contributed by atoms with van der Waals surface area (Å²) in [5.41, 5.74) is 11.7. The topological polar surface area (TPSA) is 68.0 Å². The molecule has 4 heteroatoms. The van der Waals surface area contributed by atoms with Crippen LogP contribution in [0.5, 0.6) is 0 Å². The summed E-state index contributed by atoms with van der Waals surface area (Å²) in [6.45, 7) is 6.44. The monoisotopic (exact) mass is 373 g/mol. The van der Waals surface area contributed by atoms with Gasteiger partial charge in [0, 0.05) is 28.5 Å². The van der Waals surface area contributed by atoms with Crippen LogP contribution in [0.4, 0.5) is 11.4 Å². The highest BCUT2D eigenvalue weighted by Crippen LogP contribution is 2.25. The van der Waals surface area contributed by atoms with Gasteiger partial charge in [-0.1, -0.05) is 51.5 Å². The van der Waals surface area contributed by atoms with Crippen molar-refractivity contribution >= 4 is 34.3 Å². The standard InChI is InChI=1S/C24H27N3O/c1-4-5-19-15-22(25)21-14-20(11-12-23(21)26-19)27-24(28)13-8-17-6-9-18(10-7-17)16(2)3/h6-16H,4-5H2,1-3H3,(H2,25,26)(H,27,28). The molecule has 0 fully saturated rings. The number of aryl methyl sites for hydroxylation is 1. The molecular formula is C24H27N3O. The first-order valence-electron chi connectivity index (χ1n) is 9.74. The normalized spacial score (nSPS) is 11.4. The Hall–Kier alpha value is -3.14. The Bertz CT molecular complexity index is 1000. The van der Waals surface area contributed by atoms with Gasteiger partial charge >= 0.3 is 0 Å². The van der Waals surface area contributed by atoms with E-state index in [4.69, 9.17) is 5.73 Å². The van der Waals surface area contributed by atoms with E-state index >= 15 is 0 Å². The Morgan fingerprint density at radius 3 is 2.57 bits per heavy atom. The predicted molar refractivity (Wildman–Crippen MR) is 118 cm³/mol. The van der Waals surface area contributed by atoms with E-state index in [1.165, 1.54) is 5.56 Å². The van der Waals surface area contributed by atoms with Gasteiger partial charge in [0.05, 0.1) is 5.52 Å². The molecule has 0 unspecified atom stereocenters. The van der Waals surface area contributed by atoms with Crippen molar-refractivity contribution in [3.05, 3.63) is 71.4 Å². The fraction of sp³-hybridized carbons (Fsp3) is 0.250. The van der Waals surface area contributed by atoms with E-state index in [0.717, 1.165) is 35.0 Å². The van der Waals surface area contributed by atoms with Gasteiger partial charge in [-0.25, -0.2) is 0 Å². The molecule has 1 amide bonds. The van der Waals surface area contributed by atoms with Crippen molar-refractivity contribution in [2.24, 2.45) is 0 Å². The number of carbonyl (C=O) groups excluding carboxylic acids is 1. The summed E-state index contributed by atoms with van der Waals surface area (Å²) in [6, 6.07) is 15.8. The van der Waals surface area contributed by atoms with Gasteiger partial charge in [-0.3, -0.25) is 9.78 Å². The molecule has 2 aromatic carbocycles. The van der Waals surface area contributed by atoms with E-state index in [1.807, 2.05) is 42.5 Å². The minimum absolute atomic E-state index is 0.179. The van der Waals surface area contributed by atoms with Gasteiger partial charge in [-0.15, -0.1) is 0 Å². The molecule has 0 saturated heterocycles. The minimum atomic E-state index is -0.179. The number of hydrogen-bond acceptors (Lipinski definition) is 3. The highest BCUT2D eigenvalue weighted by Gasteiger charge is 2.06. The van der Waals surface area contributed by atoms with Gasteiger partial charge < -0.3 is 11.1 Å². The second kappa shape index (κ2) is 8.70. The predicted octanol–water partition coefficient (Wildman–Crippen LogP) is 5.54. The zero-order chi connectivity index (χ0) is 20.1. The van der Waals surface area contributed by atoms with Crippen molar-refractivity contribution in [1.29, 1.82) is 0 Å². The number of nitrogens with zero attached hydrogens (tertiary/aromatic N) is 1. The molecule has 0 aliphatic rings. The van der Waals surface area contributed by atoms with E-state index in [2.05, 4.69) is 43.2 Å². The number of amides is 1. The van der Waals surface area contributed by atoms with Crippen LogP contribution in [0, 0.1) is 0 Å². The number of carbonyl (C=O) groups is 1. The lowest BCUT2D eigenvalue weighted by molar-refractivity contribution is -0.111.